The van der Waals surface area contributed by atoms with Gasteiger partial charge in [-0.2, -0.15) is 0 Å². The number of carbonyl (C=O) groups excluding carboxylic acids is 2. The zero-order valence-electron chi connectivity index (χ0n) is 19.4. The van der Waals surface area contributed by atoms with Gasteiger partial charge in [0.15, 0.2) is 0 Å². The van der Waals surface area contributed by atoms with Crippen LogP contribution in [0.5, 0.6) is 0 Å². The highest BCUT2D eigenvalue weighted by atomic mass is 35.5. The number of benzene rings is 2. The van der Waals surface area contributed by atoms with Crippen LogP contribution in [0.2, 0.25) is 15.1 Å². The van der Waals surface area contributed by atoms with Gasteiger partial charge in [-0.25, -0.2) is 0 Å². The first-order valence-corrected chi connectivity index (χ1v) is 13.9. The Bertz CT molecular complexity index is 965. The van der Waals surface area contributed by atoms with E-state index in [-0.39, 0.29) is 17.9 Å². The molecule has 0 radical (unpaired) electrons. The van der Waals surface area contributed by atoms with Crippen molar-refractivity contribution < 1.29 is 9.59 Å². The van der Waals surface area contributed by atoms with Gasteiger partial charge >= 0.3 is 0 Å². The maximum absolute atomic E-state index is 13.4. The van der Waals surface area contributed by atoms with E-state index in [0.29, 0.717) is 40.9 Å². The number of thioether (sulfide) groups is 1. The first-order chi connectivity index (χ1) is 16.4. The topological polar surface area (TPSA) is 49.4 Å². The molecule has 0 heterocycles. The molecule has 0 saturated heterocycles. The van der Waals surface area contributed by atoms with Gasteiger partial charge in [0.1, 0.15) is 6.04 Å². The summed E-state index contributed by atoms with van der Waals surface area (Å²) >= 11 is 19.9. The van der Waals surface area contributed by atoms with E-state index >= 15 is 0 Å². The fourth-order valence-electron chi connectivity index (χ4n) is 4.21. The van der Waals surface area contributed by atoms with Gasteiger partial charge in [-0.3, -0.25) is 9.59 Å². The van der Waals surface area contributed by atoms with Crippen molar-refractivity contribution in [3.8, 4) is 0 Å². The highest BCUT2D eigenvalue weighted by Gasteiger charge is 2.30. The maximum Gasteiger partial charge on any atom is 0.243 e. The van der Waals surface area contributed by atoms with Crippen LogP contribution in [0.1, 0.15) is 57.4 Å². The van der Waals surface area contributed by atoms with Crippen LogP contribution in [0, 0.1) is 0 Å². The van der Waals surface area contributed by atoms with Crippen LogP contribution >= 0.6 is 46.6 Å². The van der Waals surface area contributed by atoms with E-state index in [1.165, 1.54) is 0 Å². The molecule has 1 N–H and O–H groups in total. The average molecular weight is 542 g/mol. The lowest BCUT2D eigenvalue weighted by atomic mass is 10.1. The second-order valence-corrected chi connectivity index (χ2v) is 11.0. The second-order valence-electron chi connectivity index (χ2n) is 8.59. The third-order valence-corrected chi connectivity index (χ3v) is 8.13. The van der Waals surface area contributed by atoms with Crippen molar-refractivity contribution in [2.75, 3.05) is 5.75 Å². The highest BCUT2D eigenvalue weighted by Crippen LogP contribution is 2.26. The van der Waals surface area contributed by atoms with Gasteiger partial charge in [0.2, 0.25) is 11.8 Å². The van der Waals surface area contributed by atoms with Gasteiger partial charge in [-0.05, 0) is 73.4 Å². The molecule has 0 unspecified atom stereocenters. The van der Waals surface area contributed by atoms with E-state index in [2.05, 4.69) is 5.32 Å². The number of amides is 2. The third-order valence-electron chi connectivity index (χ3n) is 6.04. The predicted molar refractivity (Wildman–Crippen MR) is 143 cm³/mol. The van der Waals surface area contributed by atoms with Crippen LogP contribution in [0.15, 0.2) is 47.4 Å². The van der Waals surface area contributed by atoms with E-state index in [4.69, 9.17) is 34.8 Å². The minimum absolute atomic E-state index is 0.0313. The van der Waals surface area contributed by atoms with Gasteiger partial charge < -0.3 is 10.2 Å². The molecule has 0 bridgehead atoms. The van der Waals surface area contributed by atoms with Crippen LogP contribution in [0.25, 0.3) is 0 Å². The highest BCUT2D eigenvalue weighted by molar-refractivity contribution is 7.99. The van der Waals surface area contributed by atoms with E-state index in [1.54, 1.807) is 28.8 Å². The molecule has 1 aliphatic rings. The summed E-state index contributed by atoms with van der Waals surface area (Å²) in [6.07, 6.45) is 5.92. The summed E-state index contributed by atoms with van der Waals surface area (Å²) in [6.45, 7) is 2.26. The van der Waals surface area contributed by atoms with Crippen molar-refractivity contribution in [3.63, 3.8) is 0 Å². The maximum atomic E-state index is 13.4. The van der Waals surface area contributed by atoms with Crippen LogP contribution < -0.4 is 5.32 Å². The number of nitrogens with zero attached hydrogens (tertiary/aromatic N) is 1. The summed E-state index contributed by atoms with van der Waals surface area (Å²) in [4.78, 5) is 29.3. The molecule has 0 aliphatic heterocycles. The molecule has 2 aromatic rings. The molecule has 1 fully saturated rings. The summed E-state index contributed by atoms with van der Waals surface area (Å²) in [6, 6.07) is 12.7. The fourth-order valence-corrected chi connectivity index (χ4v) is 5.51. The van der Waals surface area contributed by atoms with E-state index in [1.807, 2.05) is 37.3 Å². The van der Waals surface area contributed by atoms with Gasteiger partial charge in [-0.1, -0.05) is 60.6 Å². The molecule has 2 amide bonds. The number of hydrogen-bond donors (Lipinski definition) is 1. The molecule has 8 heteroatoms. The zero-order valence-corrected chi connectivity index (χ0v) is 22.5. The number of halogens is 3. The Balaban J connectivity index is 1.66. The van der Waals surface area contributed by atoms with Gasteiger partial charge in [0.25, 0.3) is 0 Å². The molecule has 1 saturated carbocycles. The smallest absolute Gasteiger partial charge is 0.243 e. The Labute approximate surface area is 221 Å². The molecule has 0 aromatic heterocycles. The Morgan fingerprint density at radius 3 is 2.41 bits per heavy atom. The molecule has 34 heavy (non-hydrogen) atoms. The average Bonchev–Trinajstić information content (AvgIpc) is 3.33. The van der Waals surface area contributed by atoms with Crippen molar-refractivity contribution in [1.82, 2.24) is 10.2 Å². The summed E-state index contributed by atoms with van der Waals surface area (Å²) in [5.74, 6) is 0.702. The molecular formula is C26H31Cl3N2O2S. The van der Waals surface area contributed by atoms with Gasteiger partial charge in [0.05, 0.1) is 10.0 Å². The number of nitrogens with one attached hydrogen (secondary N) is 1. The van der Waals surface area contributed by atoms with Crippen LogP contribution in [0.3, 0.4) is 0 Å². The Hall–Kier alpha value is -1.40. The summed E-state index contributed by atoms with van der Waals surface area (Å²) in [5, 5.41) is 4.78. The first-order valence-electron chi connectivity index (χ1n) is 11.8. The van der Waals surface area contributed by atoms with Gasteiger partial charge in [-0.15, -0.1) is 11.8 Å². The van der Waals surface area contributed by atoms with Crippen molar-refractivity contribution in [2.24, 2.45) is 0 Å². The van der Waals surface area contributed by atoms with Crippen molar-refractivity contribution in [1.29, 1.82) is 0 Å². The number of hydrogen-bond acceptors (Lipinski definition) is 3. The summed E-state index contributed by atoms with van der Waals surface area (Å²) in [5.41, 5.74) is 0.852. The fraction of sp³-hybridized carbons (Fsp3) is 0.462. The SMILES string of the molecule is CC[C@H](C(=O)NC1CCCC1)N(Cc1ccc(Cl)c(Cl)c1)C(=O)CCCSc1ccc(Cl)cc1. The van der Waals surface area contributed by atoms with E-state index in [0.717, 1.165) is 41.9 Å². The predicted octanol–water partition coefficient (Wildman–Crippen LogP) is 7.39. The summed E-state index contributed by atoms with van der Waals surface area (Å²) in [7, 11) is 0. The minimum atomic E-state index is -0.522. The van der Waals surface area contributed by atoms with Crippen LogP contribution in [0.4, 0.5) is 0 Å². The lowest BCUT2D eigenvalue weighted by Crippen LogP contribution is -2.50. The lowest BCUT2D eigenvalue weighted by Gasteiger charge is -2.31. The molecule has 0 spiro atoms. The molecule has 2 aromatic carbocycles. The normalized spacial score (nSPS) is 14.7. The van der Waals surface area contributed by atoms with Crippen molar-refractivity contribution >= 4 is 58.4 Å². The first kappa shape index (κ1) is 27.2. The number of rotatable bonds is 11. The van der Waals surface area contributed by atoms with Gasteiger partial charge in [0, 0.05) is 28.9 Å². The molecule has 1 aliphatic carbocycles. The molecule has 3 rings (SSSR count). The van der Waals surface area contributed by atoms with Crippen molar-refractivity contribution in [2.45, 2.75) is 75.4 Å². The number of carbonyl (C=O) groups is 2. The quantitative estimate of drug-likeness (QED) is 0.238. The van der Waals surface area contributed by atoms with Crippen LogP contribution in [-0.4, -0.2) is 34.6 Å². The van der Waals surface area contributed by atoms with E-state index < -0.39 is 6.04 Å². The Kier molecular flexibility index (Phi) is 10.9. The van der Waals surface area contributed by atoms with Crippen molar-refractivity contribution in [3.05, 3.63) is 63.1 Å². The molecular weight excluding hydrogens is 511 g/mol. The molecule has 1 atom stereocenters. The lowest BCUT2D eigenvalue weighted by molar-refractivity contribution is -0.141. The minimum Gasteiger partial charge on any atom is -0.352 e. The molecule has 184 valence electrons. The third kappa shape index (κ3) is 8.08. The monoisotopic (exact) mass is 540 g/mol. The largest absolute Gasteiger partial charge is 0.352 e. The second kappa shape index (κ2) is 13.6. The Morgan fingerprint density at radius 2 is 1.76 bits per heavy atom. The zero-order chi connectivity index (χ0) is 24.5. The Morgan fingerprint density at radius 1 is 1.06 bits per heavy atom. The molecule has 4 nitrogen and oxygen atoms in total. The standard InChI is InChI=1S/C26H31Cl3N2O2S/c1-2-24(26(33)30-20-6-3-4-7-20)31(17-18-9-14-22(28)23(29)16-18)25(32)8-5-15-34-21-12-10-19(27)11-13-21/h9-14,16,20,24H,2-8,15,17H2,1H3,(H,30,33)/t24-/m1/s1. The van der Waals surface area contributed by atoms with E-state index in [9.17, 15) is 9.59 Å². The van der Waals surface area contributed by atoms with Crippen LogP contribution in [-0.2, 0) is 16.1 Å². The summed E-state index contributed by atoms with van der Waals surface area (Å²) < 4.78 is 0.